The van der Waals surface area contributed by atoms with Gasteiger partial charge in [-0.25, -0.2) is 14.8 Å². The molecule has 1 saturated heterocycles. The molecule has 0 spiro atoms. The first kappa shape index (κ1) is 19.8. The van der Waals surface area contributed by atoms with E-state index < -0.39 is 5.97 Å². The first-order chi connectivity index (χ1) is 13.4. The summed E-state index contributed by atoms with van der Waals surface area (Å²) in [5.41, 5.74) is 1.78. The summed E-state index contributed by atoms with van der Waals surface area (Å²) in [6, 6.07) is 4.73. The molecule has 3 N–H and O–H groups in total. The lowest BCUT2D eigenvalue weighted by molar-refractivity contribution is 0.0536. The summed E-state index contributed by atoms with van der Waals surface area (Å²) >= 11 is 0. The maximum Gasteiger partial charge on any atom is 0.354 e. The maximum absolute atomic E-state index is 12.6. The molecule has 3 heterocycles. The number of nitrogens with zero attached hydrogens (tertiary/aromatic N) is 3. The Balaban J connectivity index is 1.68. The number of aryl methyl sites for hydroxylation is 2. The van der Waals surface area contributed by atoms with Crippen molar-refractivity contribution in [2.24, 2.45) is 0 Å². The Hall–Kier alpha value is -2.94. The fourth-order valence-electron chi connectivity index (χ4n) is 3.43. The number of pyridine rings is 1. The van der Waals surface area contributed by atoms with E-state index in [-0.39, 0.29) is 23.7 Å². The van der Waals surface area contributed by atoms with Crippen molar-refractivity contribution < 1.29 is 19.4 Å². The van der Waals surface area contributed by atoms with Crippen LogP contribution in [0.4, 0.5) is 5.82 Å². The lowest BCUT2D eigenvalue weighted by Gasteiger charge is -2.38. The molecule has 2 aromatic rings. The van der Waals surface area contributed by atoms with Crippen molar-refractivity contribution in [1.29, 1.82) is 0 Å². The van der Waals surface area contributed by atoms with Gasteiger partial charge in [0.1, 0.15) is 5.82 Å². The van der Waals surface area contributed by atoms with E-state index in [1.54, 1.807) is 19.2 Å². The summed E-state index contributed by atoms with van der Waals surface area (Å²) in [6.07, 6.45) is 1.15. The molecule has 9 heteroatoms. The van der Waals surface area contributed by atoms with Crippen molar-refractivity contribution in [2.75, 3.05) is 25.1 Å². The highest BCUT2D eigenvalue weighted by Gasteiger charge is 2.32. The van der Waals surface area contributed by atoms with Crippen LogP contribution in [0.1, 0.15) is 45.8 Å². The van der Waals surface area contributed by atoms with E-state index in [0.29, 0.717) is 31.2 Å². The van der Waals surface area contributed by atoms with Gasteiger partial charge in [-0.3, -0.25) is 4.79 Å². The standard InChI is InChI=1S/C19H25N5O4/c1-4-12-11(2)20-17(22-12)18(25)23-13-8-9-24(10-15(13)28-3)16-7-5-6-14(21-16)19(26)27/h5-7,13,15H,4,8-10H2,1-3H3,(H,20,22)(H,23,25)(H,26,27)/t13?,15-/m0/s1. The van der Waals surface area contributed by atoms with Gasteiger partial charge in [0.05, 0.1) is 17.8 Å². The molecule has 1 amide bonds. The van der Waals surface area contributed by atoms with E-state index in [9.17, 15) is 9.59 Å². The van der Waals surface area contributed by atoms with Crippen LogP contribution in [0, 0.1) is 6.92 Å². The van der Waals surface area contributed by atoms with Gasteiger partial charge in [0.15, 0.2) is 11.5 Å². The topological polar surface area (TPSA) is 120 Å². The number of anilines is 1. The zero-order chi connectivity index (χ0) is 20.3. The Morgan fingerprint density at radius 2 is 2.18 bits per heavy atom. The molecule has 2 aromatic heterocycles. The summed E-state index contributed by atoms with van der Waals surface area (Å²) in [4.78, 5) is 37.3. The summed E-state index contributed by atoms with van der Waals surface area (Å²) in [5.74, 6) is -0.426. The molecule has 1 unspecified atom stereocenters. The quantitative estimate of drug-likeness (QED) is 0.685. The second-order valence-corrected chi connectivity index (χ2v) is 6.79. The van der Waals surface area contributed by atoms with Crippen LogP contribution in [0.15, 0.2) is 18.2 Å². The van der Waals surface area contributed by atoms with Gasteiger partial charge < -0.3 is 25.0 Å². The predicted molar refractivity (Wildman–Crippen MR) is 103 cm³/mol. The van der Waals surface area contributed by atoms with E-state index in [1.165, 1.54) is 6.07 Å². The molecule has 0 radical (unpaired) electrons. The smallest absolute Gasteiger partial charge is 0.354 e. The largest absolute Gasteiger partial charge is 0.477 e. The average Bonchev–Trinajstić information content (AvgIpc) is 3.09. The van der Waals surface area contributed by atoms with Gasteiger partial charge >= 0.3 is 5.97 Å². The Labute approximate surface area is 163 Å². The Bertz CT molecular complexity index is 866. The molecule has 2 atom stereocenters. The Morgan fingerprint density at radius 1 is 1.39 bits per heavy atom. The SMILES string of the molecule is CCc1nc(C(=O)NC2CCN(c3cccc(C(=O)O)n3)C[C@@H]2OC)[nH]c1C. The van der Waals surface area contributed by atoms with Gasteiger partial charge in [-0.15, -0.1) is 0 Å². The van der Waals surface area contributed by atoms with Crippen LogP contribution in [0.2, 0.25) is 0 Å². The number of hydrogen-bond acceptors (Lipinski definition) is 6. The second kappa shape index (κ2) is 8.39. The minimum Gasteiger partial charge on any atom is -0.477 e. The highest BCUT2D eigenvalue weighted by Crippen LogP contribution is 2.20. The van der Waals surface area contributed by atoms with Crippen LogP contribution in [-0.4, -0.2) is 64.3 Å². The molecule has 3 rings (SSSR count). The zero-order valence-electron chi connectivity index (χ0n) is 16.2. The number of aromatic nitrogens is 3. The number of nitrogens with one attached hydrogen (secondary N) is 2. The number of hydrogen-bond donors (Lipinski definition) is 3. The highest BCUT2D eigenvalue weighted by molar-refractivity contribution is 5.91. The molecule has 0 aliphatic carbocycles. The highest BCUT2D eigenvalue weighted by atomic mass is 16.5. The molecule has 9 nitrogen and oxygen atoms in total. The van der Waals surface area contributed by atoms with Gasteiger partial charge in [-0.05, 0) is 31.9 Å². The number of imidazole rings is 1. The molecule has 0 aromatic carbocycles. The van der Waals surface area contributed by atoms with Crippen molar-refractivity contribution in [1.82, 2.24) is 20.3 Å². The monoisotopic (exact) mass is 387 g/mol. The van der Waals surface area contributed by atoms with Gasteiger partial charge in [0.25, 0.3) is 5.91 Å². The van der Waals surface area contributed by atoms with Crippen LogP contribution >= 0.6 is 0 Å². The van der Waals surface area contributed by atoms with Crippen LogP contribution in [0.25, 0.3) is 0 Å². The number of carboxylic acid groups (broad SMARTS) is 1. The molecule has 0 saturated carbocycles. The molecule has 0 bridgehead atoms. The predicted octanol–water partition coefficient (Wildman–Crippen LogP) is 1.40. The minimum atomic E-state index is -1.06. The number of aromatic carboxylic acids is 1. The van der Waals surface area contributed by atoms with Gasteiger partial charge in [-0.1, -0.05) is 13.0 Å². The number of methoxy groups -OCH3 is 1. The lowest BCUT2D eigenvalue weighted by atomic mass is 10.0. The lowest BCUT2D eigenvalue weighted by Crippen LogP contribution is -2.55. The van der Waals surface area contributed by atoms with Gasteiger partial charge in [0.2, 0.25) is 0 Å². The number of ether oxygens (including phenoxy) is 1. The number of H-pyrrole nitrogens is 1. The van der Waals surface area contributed by atoms with Crippen molar-refractivity contribution in [3.05, 3.63) is 41.1 Å². The van der Waals surface area contributed by atoms with E-state index in [4.69, 9.17) is 9.84 Å². The van der Waals surface area contributed by atoms with Crippen molar-refractivity contribution in [3.63, 3.8) is 0 Å². The first-order valence-electron chi connectivity index (χ1n) is 9.27. The number of carboxylic acids is 1. The number of carbonyl (C=O) groups is 2. The third-order valence-corrected chi connectivity index (χ3v) is 4.99. The van der Waals surface area contributed by atoms with E-state index >= 15 is 0 Å². The third-order valence-electron chi connectivity index (χ3n) is 4.99. The molecule has 1 aliphatic rings. The normalized spacial score (nSPS) is 19.5. The fraction of sp³-hybridized carbons (Fsp3) is 0.474. The summed E-state index contributed by atoms with van der Waals surface area (Å²) in [5, 5.41) is 12.1. The molecular weight excluding hydrogens is 362 g/mol. The van der Waals surface area contributed by atoms with Crippen molar-refractivity contribution in [2.45, 2.75) is 38.8 Å². The number of amides is 1. The first-order valence-corrected chi connectivity index (χ1v) is 9.27. The second-order valence-electron chi connectivity index (χ2n) is 6.79. The van der Waals surface area contributed by atoms with Crippen LogP contribution in [0.3, 0.4) is 0 Å². The van der Waals surface area contributed by atoms with Crippen molar-refractivity contribution >= 4 is 17.7 Å². The molecule has 150 valence electrons. The minimum absolute atomic E-state index is 0.00168. The molecular formula is C19H25N5O4. The number of rotatable bonds is 6. The Morgan fingerprint density at radius 3 is 2.82 bits per heavy atom. The Kier molecular flexibility index (Phi) is 5.93. The van der Waals surface area contributed by atoms with E-state index in [1.807, 2.05) is 18.7 Å². The molecule has 1 fully saturated rings. The van der Waals surface area contributed by atoms with Crippen molar-refractivity contribution in [3.8, 4) is 0 Å². The van der Waals surface area contributed by atoms with Crippen LogP contribution in [0.5, 0.6) is 0 Å². The summed E-state index contributed by atoms with van der Waals surface area (Å²) in [7, 11) is 1.60. The average molecular weight is 387 g/mol. The number of aromatic amines is 1. The summed E-state index contributed by atoms with van der Waals surface area (Å²) < 4.78 is 5.59. The zero-order valence-corrected chi connectivity index (χ0v) is 16.2. The van der Waals surface area contributed by atoms with E-state index in [0.717, 1.165) is 17.8 Å². The number of piperidine rings is 1. The third kappa shape index (κ3) is 4.14. The fourth-order valence-corrected chi connectivity index (χ4v) is 3.43. The molecule has 28 heavy (non-hydrogen) atoms. The maximum atomic E-state index is 12.6. The van der Waals surface area contributed by atoms with Crippen LogP contribution < -0.4 is 10.2 Å². The van der Waals surface area contributed by atoms with Gasteiger partial charge in [0, 0.05) is 25.9 Å². The van der Waals surface area contributed by atoms with Crippen LogP contribution in [-0.2, 0) is 11.2 Å². The summed E-state index contributed by atoms with van der Waals surface area (Å²) in [6.45, 7) is 5.01. The number of carbonyl (C=O) groups excluding carboxylic acids is 1. The molecule has 1 aliphatic heterocycles. The van der Waals surface area contributed by atoms with Gasteiger partial charge in [-0.2, -0.15) is 0 Å². The van der Waals surface area contributed by atoms with E-state index in [2.05, 4.69) is 20.3 Å².